The molecule has 1 fully saturated rings. The van der Waals surface area contributed by atoms with Gasteiger partial charge in [-0.15, -0.1) is 0 Å². The number of anilines is 4. The summed E-state index contributed by atoms with van der Waals surface area (Å²) < 4.78 is 0. The van der Waals surface area contributed by atoms with Crippen molar-refractivity contribution in [2.75, 3.05) is 41.3 Å². The zero-order valence-electron chi connectivity index (χ0n) is 17.5. The Labute approximate surface area is 173 Å². The van der Waals surface area contributed by atoms with Crippen LogP contribution in [0.25, 0.3) is 0 Å². The van der Waals surface area contributed by atoms with Gasteiger partial charge in [0.25, 0.3) is 0 Å². The Bertz CT molecular complexity index is 961. The van der Waals surface area contributed by atoms with Crippen LogP contribution in [0.3, 0.4) is 0 Å². The number of rotatable bonds is 5. The molecule has 150 valence electrons. The van der Waals surface area contributed by atoms with Gasteiger partial charge in [0.2, 0.25) is 5.95 Å². The van der Waals surface area contributed by atoms with E-state index in [-0.39, 0.29) is 0 Å². The topological polar surface area (TPSA) is 44.3 Å². The number of para-hydroxylation sites is 1. The van der Waals surface area contributed by atoms with E-state index in [1.54, 1.807) is 0 Å². The lowest BCUT2D eigenvalue weighted by molar-refractivity contribution is 0.647. The summed E-state index contributed by atoms with van der Waals surface area (Å²) in [5.41, 5.74) is 4.95. The zero-order chi connectivity index (χ0) is 20.2. The highest BCUT2D eigenvalue weighted by atomic mass is 15.3. The van der Waals surface area contributed by atoms with Gasteiger partial charge in [-0.05, 0) is 48.2 Å². The number of hydrogen-bond donors (Lipinski definition) is 1. The van der Waals surface area contributed by atoms with Crippen LogP contribution in [0.1, 0.15) is 30.9 Å². The zero-order valence-corrected chi connectivity index (χ0v) is 17.5. The summed E-state index contributed by atoms with van der Waals surface area (Å²) in [6, 6.07) is 19.1. The molecule has 0 aliphatic carbocycles. The van der Waals surface area contributed by atoms with Crippen LogP contribution in [0, 0.1) is 6.92 Å². The predicted molar refractivity (Wildman–Crippen MR) is 121 cm³/mol. The van der Waals surface area contributed by atoms with E-state index in [4.69, 9.17) is 4.98 Å². The van der Waals surface area contributed by atoms with Crippen LogP contribution in [0.2, 0.25) is 0 Å². The molecule has 0 atom stereocenters. The normalized spacial score (nSPS) is 14.3. The van der Waals surface area contributed by atoms with Crippen LogP contribution in [0.4, 0.5) is 23.1 Å². The molecule has 5 nitrogen and oxygen atoms in total. The number of nitrogens with one attached hydrogen (secondary N) is 1. The van der Waals surface area contributed by atoms with Crippen molar-refractivity contribution in [1.82, 2.24) is 9.97 Å². The summed E-state index contributed by atoms with van der Waals surface area (Å²) in [6.07, 6.45) is 1.84. The van der Waals surface area contributed by atoms with Crippen LogP contribution in [-0.2, 0) is 0 Å². The third-order valence-corrected chi connectivity index (χ3v) is 5.44. The Balaban J connectivity index is 1.45. The summed E-state index contributed by atoms with van der Waals surface area (Å²) in [7, 11) is 0. The SMILES string of the molecule is Cc1cccc(N2CCN(c3ccnc(Nc4ccccc4C(C)C)n3)CC2)c1. The first-order chi connectivity index (χ1) is 14.1. The molecule has 0 radical (unpaired) electrons. The first kappa shape index (κ1) is 19.2. The third-order valence-electron chi connectivity index (χ3n) is 5.44. The minimum absolute atomic E-state index is 0.441. The molecule has 2 heterocycles. The molecule has 1 aliphatic heterocycles. The predicted octanol–water partition coefficient (Wildman–Crippen LogP) is 4.98. The summed E-state index contributed by atoms with van der Waals surface area (Å²) >= 11 is 0. The lowest BCUT2D eigenvalue weighted by atomic mass is 10.0. The van der Waals surface area contributed by atoms with E-state index in [9.17, 15) is 0 Å². The Hall–Kier alpha value is -3.08. The highest BCUT2D eigenvalue weighted by molar-refractivity contribution is 5.60. The van der Waals surface area contributed by atoms with Gasteiger partial charge in [-0.3, -0.25) is 0 Å². The molecule has 1 saturated heterocycles. The lowest BCUT2D eigenvalue weighted by Gasteiger charge is -2.36. The van der Waals surface area contributed by atoms with Crippen molar-refractivity contribution in [3.63, 3.8) is 0 Å². The summed E-state index contributed by atoms with van der Waals surface area (Å²) in [4.78, 5) is 14.0. The Kier molecular flexibility index (Phi) is 5.65. The Morgan fingerprint density at radius 1 is 0.897 bits per heavy atom. The number of aryl methyl sites for hydroxylation is 1. The van der Waals surface area contributed by atoms with Gasteiger partial charge < -0.3 is 15.1 Å². The molecule has 29 heavy (non-hydrogen) atoms. The second-order valence-corrected chi connectivity index (χ2v) is 7.92. The fraction of sp³-hybridized carbons (Fsp3) is 0.333. The molecule has 3 aromatic rings. The fourth-order valence-corrected chi connectivity index (χ4v) is 3.84. The average Bonchev–Trinajstić information content (AvgIpc) is 2.74. The van der Waals surface area contributed by atoms with Crippen molar-refractivity contribution in [2.45, 2.75) is 26.7 Å². The van der Waals surface area contributed by atoms with E-state index in [1.165, 1.54) is 16.8 Å². The van der Waals surface area contributed by atoms with Crippen molar-refractivity contribution < 1.29 is 0 Å². The van der Waals surface area contributed by atoms with Crippen LogP contribution in [-0.4, -0.2) is 36.1 Å². The van der Waals surface area contributed by atoms with Crippen molar-refractivity contribution in [3.05, 3.63) is 71.9 Å². The minimum Gasteiger partial charge on any atom is -0.368 e. The molecule has 0 spiro atoms. The van der Waals surface area contributed by atoms with Gasteiger partial charge in [0.1, 0.15) is 5.82 Å². The van der Waals surface area contributed by atoms with Crippen molar-refractivity contribution in [2.24, 2.45) is 0 Å². The summed E-state index contributed by atoms with van der Waals surface area (Å²) in [5, 5.41) is 3.41. The average molecular weight is 388 g/mol. The third kappa shape index (κ3) is 4.50. The van der Waals surface area contributed by atoms with Crippen molar-refractivity contribution in [1.29, 1.82) is 0 Å². The first-order valence-corrected chi connectivity index (χ1v) is 10.4. The second-order valence-electron chi connectivity index (χ2n) is 7.92. The van der Waals surface area contributed by atoms with Crippen molar-refractivity contribution in [3.8, 4) is 0 Å². The lowest BCUT2D eigenvalue weighted by Crippen LogP contribution is -2.46. The minimum atomic E-state index is 0.441. The van der Waals surface area contributed by atoms with Gasteiger partial charge in [0.05, 0.1) is 0 Å². The van der Waals surface area contributed by atoms with Gasteiger partial charge in [0, 0.05) is 43.8 Å². The van der Waals surface area contributed by atoms with Crippen molar-refractivity contribution >= 4 is 23.1 Å². The van der Waals surface area contributed by atoms with Crippen LogP contribution in [0.15, 0.2) is 60.8 Å². The van der Waals surface area contributed by atoms with E-state index in [0.29, 0.717) is 11.9 Å². The molecule has 1 N–H and O–H groups in total. The maximum atomic E-state index is 4.79. The van der Waals surface area contributed by atoms with Gasteiger partial charge in [-0.2, -0.15) is 4.98 Å². The monoisotopic (exact) mass is 387 g/mol. The summed E-state index contributed by atoms with van der Waals surface area (Å²) in [6.45, 7) is 10.4. The number of hydrogen-bond acceptors (Lipinski definition) is 5. The quantitative estimate of drug-likeness (QED) is 0.669. The molecule has 2 aromatic carbocycles. The highest BCUT2D eigenvalue weighted by Gasteiger charge is 2.19. The largest absolute Gasteiger partial charge is 0.368 e. The molecular formula is C24H29N5. The number of nitrogens with zero attached hydrogens (tertiary/aromatic N) is 4. The van der Waals surface area contributed by atoms with Crippen LogP contribution >= 0.6 is 0 Å². The molecule has 1 aliphatic rings. The van der Waals surface area contributed by atoms with E-state index in [2.05, 4.69) is 83.3 Å². The van der Waals surface area contributed by atoms with Gasteiger partial charge in [-0.1, -0.05) is 44.2 Å². The maximum absolute atomic E-state index is 4.79. The molecule has 0 bridgehead atoms. The Morgan fingerprint density at radius 2 is 1.66 bits per heavy atom. The first-order valence-electron chi connectivity index (χ1n) is 10.4. The maximum Gasteiger partial charge on any atom is 0.229 e. The van der Waals surface area contributed by atoms with E-state index in [1.807, 2.05) is 18.3 Å². The van der Waals surface area contributed by atoms with Gasteiger partial charge in [-0.25, -0.2) is 4.98 Å². The molecule has 0 unspecified atom stereocenters. The van der Waals surface area contributed by atoms with Crippen LogP contribution in [0.5, 0.6) is 0 Å². The molecule has 1 aromatic heterocycles. The number of benzene rings is 2. The smallest absolute Gasteiger partial charge is 0.229 e. The number of piperazine rings is 1. The number of aromatic nitrogens is 2. The van der Waals surface area contributed by atoms with E-state index >= 15 is 0 Å². The highest BCUT2D eigenvalue weighted by Crippen LogP contribution is 2.26. The molecule has 5 heteroatoms. The standard InChI is InChI=1S/C24H29N5/c1-18(2)21-9-4-5-10-22(21)26-24-25-12-11-23(27-24)29-15-13-28(14-16-29)20-8-6-7-19(3)17-20/h4-12,17-18H,13-16H2,1-3H3,(H,25,26,27). The van der Waals surface area contributed by atoms with E-state index < -0.39 is 0 Å². The fourth-order valence-electron chi connectivity index (χ4n) is 3.84. The van der Waals surface area contributed by atoms with Gasteiger partial charge >= 0.3 is 0 Å². The summed E-state index contributed by atoms with van der Waals surface area (Å²) in [5.74, 6) is 2.07. The molecule has 0 amide bonds. The van der Waals surface area contributed by atoms with Crippen LogP contribution < -0.4 is 15.1 Å². The Morgan fingerprint density at radius 3 is 2.41 bits per heavy atom. The molecular weight excluding hydrogens is 358 g/mol. The van der Waals surface area contributed by atoms with E-state index in [0.717, 1.165) is 37.7 Å². The molecule has 4 rings (SSSR count). The molecule has 0 saturated carbocycles. The second kappa shape index (κ2) is 8.52. The van der Waals surface area contributed by atoms with Gasteiger partial charge in [0.15, 0.2) is 0 Å².